The van der Waals surface area contributed by atoms with Crippen molar-refractivity contribution in [2.45, 2.75) is 19.4 Å². The van der Waals surface area contributed by atoms with Crippen molar-refractivity contribution in [2.24, 2.45) is 0 Å². The molecule has 1 rings (SSSR count). The Labute approximate surface area is 109 Å². The molecule has 17 heavy (non-hydrogen) atoms. The van der Waals surface area contributed by atoms with Crippen molar-refractivity contribution in [3.05, 3.63) is 28.2 Å². The maximum absolute atomic E-state index is 11.6. The minimum Gasteiger partial charge on any atom is -0.497 e. The summed E-state index contributed by atoms with van der Waals surface area (Å²) in [5, 5.41) is 11.7. The summed E-state index contributed by atoms with van der Waals surface area (Å²) in [5.74, 6) is 0.589. The third-order valence-electron chi connectivity index (χ3n) is 2.20. The molecule has 0 saturated heterocycles. The molecule has 1 unspecified atom stereocenters. The number of carbonyl (C=O) groups is 1. The molecule has 1 atom stereocenters. The Bertz CT molecular complexity index is 393. The maximum atomic E-state index is 11.6. The van der Waals surface area contributed by atoms with Crippen molar-refractivity contribution in [1.82, 2.24) is 5.32 Å². The van der Waals surface area contributed by atoms with Gasteiger partial charge < -0.3 is 15.2 Å². The number of hydrogen-bond acceptors (Lipinski definition) is 3. The predicted molar refractivity (Wildman–Crippen MR) is 69.1 cm³/mol. The second kappa shape index (κ2) is 6.61. The van der Waals surface area contributed by atoms with Gasteiger partial charge >= 0.3 is 0 Å². The van der Waals surface area contributed by atoms with E-state index in [4.69, 9.17) is 9.84 Å². The van der Waals surface area contributed by atoms with Crippen LogP contribution < -0.4 is 10.1 Å². The van der Waals surface area contributed by atoms with E-state index in [1.54, 1.807) is 14.0 Å². The molecule has 0 aromatic heterocycles. The van der Waals surface area contributed by atoms with Gasteiger partial charge in [0.15, 0.2) is 0 Å². The van der Waals surface area contributed by atoms with E-state index < -0.39 is 6.10 Å². The largest absolute Gasteiger partial charge is 0.497 e. The highest BCUT2D eigenvalue weighted by Gasteiger charge is 2.08. The van der Waals surface area contributed by atoms with Crippen molar-refractivity contribution < 1.29 is 14.6 Å². The van der Waals surface area contributed by atoms with E-state index in [-0.39, 0.29) is 18.9 Å². The number of hydrogen-bond donors (Lipinski definition) is 2. The molecule has 0 radical (unpaired) electrons. The predicted octanol–water partition coefficient (Wildman–Crippen LogP) is 1.50. The van der Waals surface area contributed by atoms with Crippen molar-refractivity contribution >= 4 is 21.8 Å². The number of aliphatic hydroxyl groups excluding tert-OH is 1. The van der Waals surface area contributed by atoms with Crippen molar-refractivity contribution in [2.75, 3.05) is 13.7 Å². The molecule has 0 aliphatic rings. The number of methoxy groups -OCH3 is 1. The molecule has 4 nitrogen and oxygen atoms in total. The van der Waals surface area contributed by atoms with Crippen molar-refractivity contribution in [1.29, 1.82) is 0 Å². The molecule has 5 heteroatoms. The van der Waals surface area contributed by atoms with Crippen LogP contribution in [0.3, 0.4) is 0 Å². The van der Waals surface area contributed by atoms with Crippen LogP contribution in [0.4, 0.5) is 0 Å². The first-order valence-corrected chi connectivity index (χ1v) is 6.09. The van der Waals surface area contributed by atoms with Crippen LogP contribution in [-0.2, 0) is 11.2 Å². The van der Waals surface area contributed by atoms with Crippen LogP contribution in [0.2, 0.25) is 0 Å². The van der Waals surface area contributed by atoms with Gasteiger partial charge in [-0.05, 0) is 30.7 Å². The first-order chi connectivity index (χ1) is 8.02. The van der Waals surface area contributed by atoms with Crippen LogP contribution in [0.15, 0.2) is 22.7 Å². The number of amides is 1. The summed E-state index contributed by atoms with van der Waals surface area (Å²) >= 11 is 3.38. The minimum absolute atomic E-state index is 0.125. The SMILES string of the molecule is COc1ccc(Br)c(CC(=O)NCC(C)O)c1. The Morgan fingerprint density at radius 2 is 2.29 bits per heavy atom. The number of ether oxygens (including phenoxy) is 1. The zero-order valence-electron chi connectivity index (χ0n) is 9.87. The third-order valence-corrected chi connectivity index (χ3v) is 2.97. The van der Waals surface area contributed by atoms with Crippen LogP contribution in [-0.4, -0.2) is 30.8 Å². The van der Waals surface area contributed by atoms with Gasteiger partial charge in [0, 0.05) is 11.0 Å². The number of carbonyl (C=O) groups excluding carboxylic acids is 1. The lowest BCUT2D eigenvalue weighted by Crippen LogP contribution is -2.31. The van der Waals surface area contributed by atoms with Gasteiger partial charge in [-0.15, -0.1) is 0 Å². The molecule has 2 N–H and O–H groups in total. The molecule has 0 aliphatic carbocycles. The fourth-order valence-electron chi connectivity index (χ4n) is 1.31. The van der Waals surface area contributed by atoms with Crippen LogP contribution in [0.1, 0.15) is 12.5 Å². The minimum atomic E-state index is -0.535. The van der Waals surface area contributed by atoms with E-state index in [1.807, 2.05) is 18.2 Å². The molecule has 94 valence electrons. The molecule has 0 bridgehead atoms. The third kappa shape index (κ3) is 4.75. The van der Waals surface area contributed by atoms with E-state index in [2.05, 4.69) is 21.2 Å². The Kier molecular flexibility index (Phi) is 5.44. The van der Waals surface area contributed by atoms with Crippen molar-refractivity contribution in [3.63, 3.8) is 0 Å². The zero-order chi connectivity index (χ0) is 12.8. The average molecular weight is 302 g/mol. The van der Waals surface area contributed by atoms with E-state index in [9.17, 15) is 4.79 Å². The van der Waals surface area contributed by atoms with Crippen molar-refractivity contribution in [3.8, 4) is 5.75 Å². The summed E-state index contributed by atoms with van der Waals surface area (Å²) < 4.78 is 5.96. The molecule has 0 spiro atoms. The van der Waals surface area contributed by atoms with Gasteiger partial charge in [0.25, 0.3) is 0 Å². The van der Waals surface area contributed by atoms with Gasteiger partial charge in [-0.25, -0.2) is 0 Å². The zero-order valence-corrected chi connectivity index (χ0v) is 11.5. The average Bonchev–Trinajstić information content (AvgIpc) is 2.29. The molecule has 0 saturated carbocycles. The lowest BCUT2D eigenvalue weighted by molar-refractivity contribution is -0.120. The molecular weight excluding hydrogens is 286 g/mol. The fraction of sp³-hybridized carbons (Fsp3) is 0.417. The van der Waals surface area contributed by atoms with Crippen LogP contribution in [0.25, 0.3) is 0 Å². The number of rotatable bonds is 5. The normalized spacial score (nSPS) is 12.0. The molecule has 0 heterocycles. The van der Waals surface area contributed by atoms with Gasteiger partial charge in [-0.1, -0.05) is 15.9 Å². The number of aliphatic hydroxyl groups is 1. The summed E-state index contributed by atoms with van der Waals surface area (Å²) in [7, 11) is 1.58. The van der Waals surface area contributed by atoms with Crippen LogP contribution in [0, 0.1) is 0 Å². The monoisotopic (exact) mass is 301 g/mol. The smallest absolute Gasteiger partial charge is 0.224 e. The highest BCUT2D eigenvalue weighted by atomic mass is 79.9. The highest BCUT2D eigenvalue weighted by molar-refractivity contribution is 9.10. The number of nitrogens with one attached hydrogen (secondary N) is 1. The maximum Gasteiger partial charge on any atom is 0.224 e. The molecule has 1 amide bonds. The van der Waals surface area contributed by atoms with Gasteiger partial charge in [0.1, 0.15) is 5.75 Å². The topological polar surface area (TPSA) is 58.6 Å². The fourth-order valence-corrected chi connectivity index (χ4v) is 1.70. The van der Waals surface area contributed by atoms with E-state index in [1.165, 1.54) is 0 Å². The molecule has 0 aliphatic heterocycles. The first kappa shape index (κ1) is 14.0. The van der Waals surface area contributed by atoms with Gasteiger partial charge in [-0.3, -0.25) is 4.79 Å². The van der Waals surface area contributed by atoms with Crippen LogP contribution >= 0.6 is 15.9 Å². The van der Waals surface area contributed by atoms with E-state index in [0.717, 1.165) is 10.0 Å². The Balaban J connectivity index is 2.64. The molecule has 1 aromatic carbocycles. The summed E-state index contributed by atoms with van der Waals surface area (Å²) in [5.41, 5.74) is 0.854. The molecule has 0 fully saturated rings. The molecule has 1 aromatic rings. The standard InChI is InChI=1S/C12H16BrNO3/c1-8(15)7-14-12(16)6-9-5-10(17-2)3-4-11(9)13/h3-5,8,15H,6-7H2,1-2H3,(H,14,16). The lowest BCUT2D eigenvalue weighted by atomic mass is 10.1. The van der Waals surface area contributed by atoms with Gasteiger partial charge in [0.2, 0.25) is 5.91 Å². The second-order valence-electron chi connectivity index (χ2n) is 3.79. The summed E-state index contributed by atoms with van der Waals surface area (Å²) in [6.45, 7) is 1.89. The lowest BCUT2D eigenvalue weighted by Gasteiger charge is -2.09. The van der Waals surface area contributed by atoms with E-state index >= 15 is 0 Å². The number of benzene rings is 1. The van der Waals surface area contributed by atoms with Gasteiger partial charge in [0.05, 0.1) is 19.6 Å². The summed E-state index contributed by atoms with van der Waals surface area (Å²) in [6.07, 6.45) is -0.280. The first-order valence-electron chi connectivity index (χ1n) is 5.30. The Hall–Kier alpha value is -1.07. The number of halogens is 1. The summed E-state index contributed by atoms with van der Waals surface area (Å²) in [4.78, 5) is 11.6. The Morgan fingerprint density at radius 3 is 2.88 bits per heavy atom. The summed E-state index contributed by atoms with van der Waals surface area (Å²) in [6, 6.07) is 5.48. The Morgan fingerprint density at radius 1 is 1.59 bits per heavy atom. The molecular formula is C12H16BrNO3. The second-order valence-corrected chi connectivity index (χ2v) is 4.64. The highest BCUT2D eigenvalue weighted by Crippen LogP contribution is 2.22. The quantitative estimate of drug-likeness (QED) is 0.866. The van der Waals surface area contributed by atoms with Gasteiger partial charge in [-0.2, -0.15) is 0 Å². The van der Waals surface area contributed by atoms with E-state index in [0.29, 0.717) is 5.75 Å². The van der Waals surface area contributed by atoms with Crippen LogP contribution in [0.5, 0.6) is 5.75 Å².